The normalized spacial score (nSPS) is 9.73. The molecule has 0 atom stereocenters. The van der Waals surface area contributed by atoms with E-state index in [2.05, 4.69) is 22.4 Å². The predicted octanol–water partition coefficient (Wildman–Crippen LogP) is 1.39. The highest BCUT2D eigenvalue weighted by atomic mass is 15.2. The Morgan fingerprint density at radius 2 is 2.18 bits per heavy atom. The van der Waals surface area contributed by atoms with Gasteiger partial charge >= 0.3 is 0 Å². The Morgan fingerprint density at radius 3 is 2.73 bits per heavy atom. The number of nitrogens with one attached hydrogen (secondary N) is 1. The van der Waals surface area contributed by atoms with E-state index in [4.69, 9.17) is 0 Å². The van der Waals surface area contributed by atoms with Crippen LogP contribution in [0.2, 0.25) is 0 Å². The van der Waals surface area contributed by atoms with Gasteiger partial charge < -0.3 is 5.32 Å². The fourth-order valence-electron chi connectivity index (χ4n) is 0.971. The van der Waals surface area contributed by atoms with E-state index < -0.39 is 0 Å². The first-order valence-corrected chi connectivity index (χ1v) is 3.79. The average Bonchev–Trinajstić information content (AvgIpc) is 2.05. The van der Waals surface area contributed by atoms with E-state index in [1.54, 1.807) is 0 Å². The maximum Gasteiger partial charge on any atom is 0.148 e. The first-order chi connectivity index (χ1) is 5.27. The van der Waals surface area contributed by atoms with Gasteiger partial charge in [0.1, 0.15) is 5.82 Å². The van der Waals surface area contributed by atoms with Crippen molar-refractivity contribution in [2.45, 2.75) is 20.3 Å². The van der Waals surface area contributed by atoms with Crippen LogP contribution >= 0.6 is 0 Å². The lowest BCUT2D eigenvalue weighted by atomic mass is 10.2. The number of hydrogen-bond acceptors (Lipinski definition) is 3. The minimum absolute atomic E-state index is 0.840. The summed E-state index contributed by atoms with van der Waals surface area (Å²) < 4.78 is 0. The van der Waals surface area contributed by atoms with E-state index >= 15 is 0 Å². The molecule has 0 unspecified atom stereocenters. The SMILES string of the molecule is CCc1cc(NC)nnc1C. The summed E-state index contributed by atoms with van der Waals surface area (Å²) in [6.45, 7) is 4.09. The Kier molecular flexibility index (Phi) is 2.41. The van der Waals surface area contributed by atoms with Gasteiger partial charge in [0.15, 0.2) is 0 Å². The molecule has 0 aliphatic rings. The first kappa shape index (κ1) is 7.98. The third-order valence-corrected chi connectivity index (χ3v) is 1.72. The van der Waals surface area contributed by atoms with Crippen LogP contribution in [0.1, 0.15) is 18.2 Å². The smallest absolute Gasteiger partial charge is 0.148 e. The van der Waals surface area contributed by atoms with E-state index in [0.717, 1.165) is 17.9 Å². The van der Waals surface area contributed by atoms with Crippen molar-refractivity contribution in [3.8, 4) is 0 Å². The molecule has 0 spiro atoms. The molecular formula is C8H13N3. The summed E-state index contributed by atoms with van der Waals surface area (Å²) in [7, 11) is 1.85. The van der Waals surface area contributed by atoms with Crippen molar-refractivity contribution in [1.29, 1.82) is 0 Å². The molecule has 0 aromatic carbocycles. The van der Waals surface area contributed by atoms with Gasteiger partial charge in [-0.1, -0.05) is 6.92 Å². The lowest BCUT2D eigenvalue weighted by molar-refractivity contribution is 0.935. The van der Waals surface area contributed by atoms with Crippen LogP contribution in [-0.2, 0) is 6.42 Å². The first-order valence-electron chi connectivity index (χ1n) is 3.79. The van der Waals surface area contributed by atoms with Crippen LogP contribution in [0.5, 0.6) is 0 Å². The molecule has 60 valence electrons. The Hall–Kier alpha value is -1.12. The van der Waals surface area contributed by atoms with E-state index in [-0.39, 0.29) is 0 Å². The number of anilines is 1. The molecule has 1 aromatic heterocycles. The van der Waals surface area contributed by atoms with Crippen LogP contribution in [-0.4, -0.2) is 17.2 Å². The lowest BCUT2D eigenvalue weighted by Crippen LogP contribution is -1.99. The summed E-state index contributed by atoms with van der Waals surface area (Å²) in [5, 5.41) is 10.9. The highest BCUT2D eigenvalue weighted by Gasteiger charge is 1.98. The Labute approximate surface area is 66.8 Å². The van der Waals surface area contributed by atoms with Crippen LogP contribution in [0.25, 0.3) is 0 Å². The second kappa shape index (κ2) is 3.32. The van der Waals surface area contributed by atoms with Crippen LogP contribution in [0.3, 0.4) is 0 Å². The second-order valence-corrected chi connectivity index (χ2v) is 2.44. The molecule has 1 rings (SSSR count). The van der Waals surface area contributed by atoms with Crippen molar-refractivity contribution in [2.24, 2.45) is 0 Å². The zero-order valence-electron chi connectivity index (χ0n) is 7.18. The Balaban J connectivity index is 3.02. The van der Waals surface area contributed by atoms with E-state index in [1.807, 2.05) is 20.0 Å². The molecule has 0 radical (unpaired) electrons. The fraction of sp³-hybridized carbons (Fsp3) is 0.500. The Morgan fingerprint density at radius 1 is 1.45 bits per heavy atom. The molecule has 0 aliphatic heterocycles. The summed E-state index contributed by atoms with van der Waals surface area (Å²) in [4.78, 5) is 0. The minimum Gasteiger partial charge on any atom is -0.372 e. The molecular weight excluding hydrogens is 138 g/mol. The van der Waals surface area contributed by atoms with Crippen LogP contribution < -0.4 is 5.32 Å². The highest BCUT2D eigenvalue weighted by Crippen LogP contribution is 2.08. The average molecular weight is 151 g/mol. The molecule has 0 saturated carbocycles. The molecule has 0 bridgehead atoms. The van der Waals surface area contributed by atoms with Gasteiger partial charge in [-0.05, 0) is 25.0 Å². The van der Waals surface area contributed by atoms with Crippen LogP contribution in [0.4, 0.5) is 5.82 Å². The highest BCUT2D eigenvalue weighted by molar-refractivity contribution is 5.36. The number of hydrogen-bond donors (Lipinski definition) is 1. The molecule has 1 aromatic rings. The molecule has 1 N–H and O–H groups in total. The van der Waals surface area contributed by atoms with Crippen molar-refractivity contribution in [3.63, 3.8) is 0 Å². The summed E-state index contributed by atoms with van der Waals surface area (Å²) in [6, 6.07) is 2.03. The number of aromatic nitrogens is 2. The molecule has 0 aliphatic carbocycles. The van der Waals surface area contributed by atoms with Crippen molar-refractivity contribution in [3.05, 3.63) is 17.3 Å². The van der Waals surface area contributed by atoms with Gasteiger partial charge in [-0.3, -0.25) is 0 Å². The van der Waals surface area contributed by atoms with Crippen LogP contribution in [0, 0.1) is 6.92 Å². The minimum atomic E-state index is 0.840. The summed E-state index contributed by atoms with van der Waals surface area (Å²) in [5.74, 6) is 0.840. The summed E-state index contributed by atoms with van der Waals surface area (Å²) in [6.07, 6.45) is 1.01. The zero-order chi connectivity index (χ0) is 8.27. The van der Waals surface area contributed by atoms with Crippen LogP contribution in [0.15, 0.2) is 6.07 Å². The Bertz CT molecular complexity index is 245. The van der Waals surface area contributed by atoms with E-state index in [0.29, 0.717) is 0 Å². The molecule has 0 saturated heterocycles. The molecule has 1 heterocycles. The monoisotopic (exact) mass is 151 g/mol. The standard InChI is InChI=1S/C8H13N3/c1-4-7-5-8(9-3)11-10-6(7)2/h5H,4H2,1-3H3,(H,9,11). The van der Waals surface area contributed by atoms with Gasteiger partial charge in [0.25, 0.3) is 0 Å². The van der Waals surface area contributed by atoms with Crippen molar-refractivity contribution in [1.82, 2.24) is 10.2 Å². The number of rotatable bonds is 2. The van der Waals surface area contributed by atoms with Crippen molar-refractivity contribution < 1.29 is 0 Å². The van der Waals surface area contributed by atoms with Gasteiger partial charge in [-0.2, -0.15) is 5.10 Å². The zero-order valence-corrected chi connectivity index (χ0v) is 7.18. The maximum atomic E-state index is 4.01. The maximum absolute atomic E-state index is 4.01. The van der Waals surface area contributed by atoms with Gasteiger partial charge in [-0.25, -0.2) is 0 Å². The van der Waals surface area contributed by atoms with Crippen molar-refractivity contribution >= 4 is 5.82 Å². The second-order valence-electron chi connectivity index (χ2n) is 2.44. The fourth-order valence-corrected chi connectivity index (χ4v) is 0.971. The largest absolute Gasteiger partial charge is 0.372 e. The van der Waals surface area contributed by atoms with Gasteiger partial charge in [0.05, 0.1) is 5.69 Å². The predicted molar refractivity (Wildman–Crippen MR) is 45.7 cm³/mol. The summed E-state index contributed by atoms with van der Waals surface area (Å²) in [5.41, 5.74) is 2.27. The molecule has 0 fully saturated rings. The quantitative estimate of drug-likeness (QED) is 0.694. The number of aryl methyl sites for hydroxylation is 2. The molecule has 3 heteroatoms. The third kappa shape index (κ3) is 1.67. The molecule has 3 nitrogen and oxygen atoms in total. The molecule has 0 amide bonds. The third-order valence-electron chi connectivity index (χ3n) is 1.72. The van der Waals surface area contributed by atoms with Crippen molar-refractivity contribution in [2.75, 3.05) is 12.4 Å². The van der Waals surface area contributed by atoms with Gasteiger partial charge in [0, 0.05) is 7.05 Å². The number of nitrogens with zero attached hydrogens (tertiary/aromatic N) is 2. The van der Waals surface area contributed by atoms with E-state index in [9.17, 15) is 0 Å². The summed E-state index contributed by atoms with van der Waals surface area (Å²) >= 11 is 0. The molecule has 11 heavy (non-hydrogen) atoms. The topological polar surface area (TPSA) is 37.8 Å². The lowest BCUT2D eigenvalue weighted by Gasteiger charge is -2.02. The van der Waals surface area contributed by atoms with Gasteiger partial charge in [-0.15, -0.1) is 5.10 Å². The van der Waals surface area contributed by atoms with E-state index in [1.165, 1.54) is 5.56 Å². The van der Waals surface area contributed by atoms with Gasteiger partial charge in [0.2, 0.25) is 0 Å².